The fourth-order valence-electron chi connectivity index (χ4n) is 3.34. The maximum absolute atomic E-state index is 11.9. The maximum Gasteiger partial charge on any atom is 0.140 e. The van der Waals surface area contributed by atoms with Gasteiger partial charge < -0.3 is 4.74 Å². The Labute approximate surface area is 108 Å². The van der Waals surface area contributed by atoms with Crippen molar-refractivity contribution in [3.63, 3.8) is 0 Å². The number of carbonyl (C=O) groups is 1. The Balaban J connectivity index is 1.75. The molecule has 1 aromatic rings. The Hall–Kier alpha value is -1.15. The summed E-state index contributed by atoms with van der Waals surface area (Å²) >= 11 is 0. The molecule has 0 amide bonds. The summed E-state index contributed by atoms with van der Waals surface area (Å²) in [5.74, 6) is 1.10. The minimum absolute atomic E-state index is 0.134. The van der Waals surface area contributed by atoms with Crippen LogP contribution in [-0.4, -0.2) is 19.0 Å². The second kappa shape index (κ2) is 5.23. The molecule has 1 fully saturated rings. The van der Waals surface area contributed by atoms with Crippen LogP contribution in [0.25, 0.3) is 0 Å². The molecule has 2 atom stereocenters. The van der Waals surface area contributed by atoms with E-state index in [0.717, 1.165) is 6.42 Å². The smallest absolute Gasteiger partial charge is 0.140 e. The van der Waals surface area contributed by atoms with Crippen molar-refractivity contribution in [2.45, 2.75) is 38.0 Å². The minimum atomic E-state index is 0.134. The van der Waals surface area contributed by atoms with Crippen LogP contribution in [0.4, 0.5) is 0 Å². The number of carbonyl (C=O) groups excluding carboxylic acids is 1. The molecule has 0 bridgehead atoms. The first-order chi connectivity index (χ1) is 8.84. The number of aryl methyl sites for hydroxylation is 1. The summed E-state index contributed by atoms with van der Waals surface area (Å²) < 4.78 is 5.46. The molecule has 2 heteroatoms. The zero-order chi connectivity index (χ0) is 12.4. The molecule has 0 radical (unpaired) electrons. The third-order valence-corrected chi connectivity index (χ3v) is 4.33. The molecule has 3 rings (SSSR count). The van der Waals surface area contributed by atoms with E-state index in [9.17, 15) is 4.79 Å². The minimum Gasteiger partial charge on any atom is -0.380 e. The first-order valence-corrected chi connectivity index (χ1v) is 7.03. The molecule has 2 aliphatic rings. The van der Waals surface area contributed by atoms with Gasteiger partial charge in [0.25, 0.3) is 0 Å². The Morgan fingerprint density at radius 1 is 1.17 bits per heavy atom. The largest absolute Gasteiger partial charge is 0.380 e. The Kier molecular flexibility index (Phi) is 3.46. The highest BCUT2D eigenvalue weighted by Gasteiger charge is 2.28. The normalized spacial score (nSPS) is 27.9. The van der Waals surface area contributed by atoms with Crippen molar-refractivity contribution in [2.24, 2.45) is 5.92 Å². The summed E-state index contributed by atoms with van der Waals surface area (Å²) in [5.41, 5.74) is 2.96. The third-order valence-electron chi connectivity index (χ3n) is 4.33. The summed E-state index contributed by atoms with van der Waals surface area (Å²) in [5, 5.41) is 0. The number of Topliss-reactive ketones (excluding diaryl/α,β-unsaturated/α-hetero) is 1. The van der Waals surface area contributed by atoms with Crippen LogP contribution in [0.5, 0.6) is 0 Å². The van der Waals surface area contributed by atoms with E-state index in [0.29, 0.717) is 31.3 Å². The molecular weight excluding hydrogens is 224 g/mol. The number of ether oxygens (including phenoxy) is 1. The lowest BCUT2D eigenvalue weighted by Gasteiger charge is -2.30. The highest BCUT2D eigenvalue weighted by molar-refractivity contribution is 5.81. The van der Waals surface area contributed by atoms with E-state index in [1.54, 1.807) is 0 Å². The van der Waals surface area contributed by atoms with Crippen molar-refractivity contribution in [3.8, 4) is 0 Å². The molecule has 1 saturated heterocycles. The second-order valence-electron chi connectivity index (χ2n) is 5.51. The molecule has 1 aromatic carbocycles. The van der Waals surface area contributed by atoms with Crippen LogP contribution < -0.4 is 0 Å². The molecule has 18 heavy (non-hydrogen) atoms. The van der Waals surface area contributed by atoms with Crippen molar-refractivity contribution >= 4 is 5.78 Å². The lowest BCUT2D eigenvalue weighted by molar-refractivity contribution is -0.130. The average molecular weight is 244 g/mol. The SMILES string of the molecule is O=C1CCOCC1CC1CCCc2ccccc21. The van der Waals surface area contributed by atoms with Gasteiger partial charge in [0, 0.05) is 12.3 Å². The van der Waals surface area contributed by atoms with E-state index in [2.05, 4.69) is 24.3 Å². The topological polar surface area (TPSA) is 26.3 Å². The van der Waals surface area contributed by atoms with Crippen LogP contribution in [0, 0.1) is 5.92 Å². The molecular formula is C16H20O2. The molecule has 1 aliphatic carbocycles. The quantitative estimate of drug-likeness (QED) is 0.799. The van der Waals surface area contributed by atoms with Gasteiger partial charge in [0.15, 0.2) is 0 Å². The standard InChI is InChI=1S/C16H20O2/c17-16-8-9-18-11-14(16)10-13-6-3-5-12-4-1-2-7-15(12)13/h1-2,4,7,13-14H,3,5-6,8-11H2. The van der Waals surface area contributed by atoms with Crippen LogP contribution in [0.3, 0.4) is 0 Å². The van der Waals surface area contributed by atoms with E-state index in [-0.39, 0.29) is 5.92 Å². The van der Waals surface area contributed by atoms with Gasteiger partial charge in [-0.15, -0.1) is 0 Å². The predicted molar refractivity (Wildman–Crippen MR) is 70.7 cm³/mol. The van der Waals surface area contributed by atoms with Crippen molar-refractivity contribution < 1.29 is 9.53 Å². The number of fused-ring (bicyclic) bond motifs is 1. The van der Waals surface area contributed by atoms with E-state index in [4.69, 9.17) is 4.74 Å². The molecule has 1 heterocycles. The zero-order valence-corrected chi connectivity index (χ0v) is 10.7. The third kappa shape index (κ3) is 2.35. The molecule has 2 nitrogen and oxygen atoms in total. The van der Waals surface area contributed by atoms with Crippen LogP contribution in [0.2, 0.25) is 0 Å². The van der Waals surface area contributed by atoms with Crippen LogP contribution in [0.1, 0.15) is 42.7 Å². The Morgan fingerprint density at radius 2 is 2.06 bits per heavy atom. The van der Waals surface area contributed by atoms with Crippen molar-refractivity contribution in [1.29, 1.82) is 0 Å². The van der Waals surface area contributed by atoms with Gasteiger partial charge in [0.2, 0.25) is 0 Å². The molecule has 0 aromatic heterocycles. The lowest BCUT2D eigenvalue weighted by atomic mass is 9.77. The summed E-state index contributed by atoms with van der Waals surface area (Å²) in [7, 11) is 0. The first kappa shape index (κ1) is 11.9. The Morgan fingerprint density at radius 3 is 2.94 bits per heavy atom. The molecule has 2 unspecified atom stereocenters. The summed E-state index contributed by atoms with van der Waals surface area (Å²) in [6.07, 6.45) is 5.26. The zero-order valence-electron chi connectivity index (χ0n) is 10.7. The maximum atomic E-state index is 11.9. The molecule has 96 valence electrons. The van der Waals surface area contributed by atoms with Gasteiger partial charge in [-0.05, 0) is 42.7 Å². The molecule has 0 spiro atoms. The summed E-state index contributed by atoms with van der Waals surface area (Å²) in [6, 6.07) is 8.72. The van der Waals surface area contributed by atoms with E-state index < -0.39 is 0 Å². The summed E-state index contributed by atoms with van der Waals surface area (Å²) in [6.45, 7) is 1.26. The van der Waals surface area contributed by atoms with Gasteiger partial charge in [0.05, 0.1) is 13.2 Å². The number of hydrogen-bond acceptors (Lipinski definition) is 2. The number of hydrogen-bond donors (Lipinski definition) is 0. The van der Waals surface area contributed by atoms with Crippen LogP contribution in [-0.2, 0) is 16.0 Å². The van der Waals surface area contributed by atoms with E-state index in [1.807, 2.05) is 0 Å². The average Bonchev–Trinajstić information content (AvgIpc) is 2.42. The van der Waals surface area contributed by atoms with Crippen molar-refractivity contribution in [2.75, 3.05) is 13.2 Å². The van der Waals surface area contributed by atoms with Crippen LogP contribution in [0.15, 0.2) is 24.3 Å². The van der Waals surface area contributed by atoms with Gasteiger partial charge in [-0.25, -0.2) is 0 Å². The van der Waals surface area contributed by atoms with Gasteiger partial charge in [-0.2, -0.15) is 0 Å². The van der Waals surface area contributed by atoms with Gasteiger partial charge >= 0.3 is 0 Å². The first-order valence-electron chi connectivity index (χ1n) is 7.03. The molecule has 1 aliphatic heterocycles. The van der Waals surface area contributed by atoms with Crippen molar-refractivity contribution in [3.05, 3.63) is 35.4 Å². The highest BCUT2D eigenvalue weighted by atomic mass is 16.5. The number of benzene rings is 1. The summed E-state index contributed by atoms with van der Waals surface area (Å²) in [4.78, 5) is 11.9. The fourth-order valence-corrected chi connectivity index (χ4v) is 3.34. The van der Waals surface area contributed by atoms with Crippen LogP contribution >= 0.6 is 0 Å². The lowest BCUT2D eigenvalue weighted by Crippen LogP contribution is -2.29. The fraction of sp³-hybridized carbons (Fsp3) is 0.562. The number of rotatable bonds is 2. The highest BCUT2D eigenvalue weighted by Crippen LogP contribution is 2.36. The van der Waals surface area contributed by atoms with E-state index in [1.165, 1.54) is 30.4 Å². The predicted octanol–water partition coefficient (Wildman–Crippen LogP) is 3.10. The second-order valence-corrected chi connectivity index (χ2v) is 5.51. The van der Waals surface area contributed by atoms with Crippen molar-refractivity contribution in [1.82, 2.24) is 0 Å². The number of ketones is 1. The van der Waals surface area contributed by atoms with Gasteiger partial charge in [-0.1, -0.05) is 24.3 Å². The van der Waals surface area contributed by atoms with Gasteiger partial charge in [0.1, 0.15) is 5.78 Å². The molecule has 0 saturated carbocycles. The van der Waals surface area contributed by atoms with Gasteiger partial charge in [-0.3, -0.25) is 4.79 Å². The van der Waals surface area contributed by atoms with E-state index >= 15 is 0 Å². The monoisotopic (exact) mass is 244 g/mol. The Bertz CT molecular complexity index is 438. The molecule has 0 N–H and O–H groups in total.